The summed E-state index contributed by atoms with van der Waals surface area (Å²) in [6.45, 7) is 3.17. The number of aliphatic carboxylic acids is 1. The highest BCUT2D eigenvalue weighted by Crippen LogP contribution is 2.30. The number of carboxylic acid groups (broad SMARTS) is 1. The first-order valence-electron chi connectivity index (χ1n) is 5.68. The van der Waals surface area contributed by atoms with E-state index in [-0.39, 0.29) is 11.3 Å². The molecule has 106 valence electrons. The normalized spacial score (nSPS) is 12.2. The molecule has 0 atom stereocenters. The molecule has 0 aromatic heterocycles. The highest BCUT2D eigenvalue weighted by Gasteiger charge is 2.29. The lowest BCUT2D eigenvalue weighted by molar-refractivity contribution is -0.146. The summed E-state index contributed by atoms with van der Waals surface area (Å²) >= 11 is 0. The van der Waals surface area contributed by atoms with Gasteiger partial charge in [-0.25, -0.2) is 8.42 Å². The topological polar surface area (TPSA) is 80.7 Å². The lowest BCUT2D eigenvalue weighted by atomic mass is 9.85. The minimum atomic E-state index is -3.33. The Morgan fingerprint density at radius 3 is 2.37 bits per heavy atom. The second kappa shape index (κ2) is 5.21. The van der Waals surface area contributed by atoms with E-state index in [2.05, 4.69) is 0 Å². The molecule has 0 amide bonds. The van der Waals surface area contributed by atoms with E-state index in [1.54, 1.807) is 19.9 Å². The predicted molar refractivity (Wildman–Crippen MR) is 71.2 cm³/mol. The van der Waals surface area contributed by atoms with Gasteiger partial charge < -0.3 is 9.84 Å². The molecule has 0 aliphatic heterocycles. The Labute approximate surface area is 113 Å². The van der Waals surface area contributed by atoms with Crippen LogP contribution >= 0.6 is 0 Å². The van der Waals surface area contributed by atoms with Crippen molar-refractivity contribution in [1.82, 2.24) is 0 Å². The van der Waals surface area contributed by atoms with Gasteiger partial charge in [0.25, 0.3) is 0 Å². The molecule has 0 spiro atoms. The zero-order valence-electron chi connectivity index (χ0n) is 11.4. The number of carbonyl (C=O) groups is 1. The Balaban J connectivity index is 3.29. The Morgan fingerprint density at radius 2 is 1.95 bits per heavy atom. The molecule has 19 heavy (non-hydrogen) atoms. The van der Waals surface area contributed by atoms with Crippen LogP contribution in [-0.2, 0) is 21.1 Å². The smallest absolute Gasteiger partial charge is 0.309 e. The van der Waals surface area contributed by atoms with E-state index >= 15 is 0 Å². The maximum atomic E-state index is 11.5. The summed E-state index contributed by atoms with van der Waals surface area (Å²) in [4.78, 5) is 11.3. The van der Waals surface area contributed by atoms with Crippen LogP contribution in [0.3, 0.4) is 0 Å². The van der Waals surface area contributed by atoms with Crippen LogP contribution in [0.25, 0.3) is 0 Å². The lowest BCUT2D eigenvalue weighted by Crippen LogP contribution is -2.26. The van der Waals surface area contributed by atoms with Gasteiger partial charge in [-0.1, -0.05) is 0 Å². The third-order valence-corrected chi connectivity index (χ3v) is 4.00. The standard InChI is InChI=1S/C13H18O5S/c1-13(2,12(14)15)8-9-7-10(19(4,16)17)5-6-11(9)18-3/h5-7H,8H2,1-4H3,(H,14,15). The molecule has 0 saturated carbocycles. The molecular formula is C13H18O5S. The molecule has 1 aromatic rings. The van der Waals surface area contributed by atoms with Gasteiger partial charge in [-0.2, -0.15) is 0 Å². The van der Waals surface area contributed by atoms with E-state index in [9.17, 15) is 13.2 Å². The van der Waals surface area contributed by atoms with Crippen LogP contribution in [0.5, 0.6) is 5.75 Å². The van der Waals surface area contributed by atoms with Crippen molar-refractivity contribution in [2.45, 2.75) is 25.2 Å². The highest BCUT2D eigenvalue weighted by atomic mass is 32.2. The second-order valence-corrected chi connectivity index (χ2v) is 7.13. The molecule has 1 aromatic carbocycles. The van der Waals surface area contributed by atoms with Crippen LogP contribution < -0.4 is 4.74 Å². The van der Waals surface area contributed by atoms with Gasteiger partial charge in [-0.15, -0.1) is 0 Å². The number of methoxy groups -OCH3 is 1. The average molecular weight is 286 g/mol. The van der Waals surface area contributed by atoms with Crippen LogP contribution in [0.15, 0.2) is 23.1 Å². The first-order valence-corrected chi connectivity index (χ1v) is 7.57. The van der Waals surface area contributed by atoms with E-state index < -0.39 is 21.2 Å². The molecule has 0 saturated heterocycles. The molecular weight excluding hydrogens is 268 g/mol. The van der Waals surface area contributed by atoms with Crippen molar-refractivity contribution in [3.05, 3.63) is 23.8 Å². The minimum Gasteiger partial charge on any atom is -0.496 e. The zero-order chi connectivity index (χ0) is 14.8. The Morgan fingerprint density at radius 1 is 1.37 bits per heavy atom. The van der Waals surface area contributed by atoms with Crippen molar-refractivity contribution in [2.24, 2.45) is 5.41 Å². The Kier molecular flexibility index (Phi) is 4.25. The summed E-state index contributed by atoms with van der Waals surface area (Å²) < 4.78 is 28.2. The summed E-state index contributed by atoms with van der Waals surface area (Å²) in [5, 5.41) is 9.14. The van der Waals surface area contributed by atoms with Crippen LogP contribution in [-0.4, -0.2) is 32.9 Å². The summed E-state index contributed by atoms with van der Waals surface area (Å²) in [6, 6.07) is 4.47. The molecule has 6 heteroatoms. The van der Waals surface area contributed by atoms with E-state index in [1.807, 2.05) is 0 Å². The number of carboxylic acids is 1. The number of hydrogen-bond donors (Lipinski definition) is 1. The fourth-order valence-electron chi connectivity index (χ4n) is 1.68. The molecule has 1 N–H and O–H groups in total. The first-order chi connectivity index (χ1) is 8.58. The summed E-state index contributed by atoms with van der Waals surface area (Å²) in [5.41, 5.74) is -0.429. The third kappa shape index (κ3) is 3.70. The van der Waals surface area contributed by atoms with E-state index in [0.29, 0.717) is 11.3 Å². The van der Waals surface area contributed by atoms with Crippen LogP contribution in [0.4, 0.5) is 0 Å². The molecule has 0 bridgehead atoms. The van der Waals surface area contributed by atoms with Gasteiger partial charge in [-0.05, 0) is 44.0 Å². The average Bonchev–Trinajstić information content (AvgIpc) is 2.27. The van der Waals surface area contributed by atoms with Crippen molar-refractivity contribution in [1.29, 1.82) is 0 Å². The SMILES string of the molecule is COc1ccc(S(C)(=O)=O)cc1CC(C)(C)C(=O)O. The monoisotopic (exact) mass is 286 g/mol. The summed E-state index contributed by atoms with van der Waals surface area (Å²) in [6.07, 6.45) is 1.30. The van der Waals surface area contributed by atoms with Crippen molar-refractivity contribution in [3.63, 3.8) is 0 Å². The molecule has 0 aliphatic rings. The largest absolute Gasteiger partial charge is 0.496 e. The number of benzene rings is 1. The van der Waals surface area contributed by atoms with Crippen molar-refractivity contribution in [3.8, 4) is 5.75 Å². The Bertz CT molecular complexity index is 587. The minimum absolute atomic E-state index is 0.157. The highest BCUT2D eigenvalue weighted by molar-refractivity contribution is 7.90. The van der Waals surface area contributed by atoms with Crippen LogP contribution in [0.1, 0.15) is 19.4 Å². The van der Waals surface area contributed by atoms with Gasteiger partial charge in [0.1, 0.15) is 5.75 Å². The fraction of sp³-hybridized carbons (Fsp3) is 0.462. The zero-order valence-corrected chi connectivity index (χ0v) is 12.2. The fourth-order valence-corrected chi connectivity index (χ4v) is 2.35. The van der Waals surface area contributed by atoms with Gasteiger partial charge in [-0.3, -0.25) is 4.79 Å². The van der Waals surface area contributed by atoms with E-state index in [0.717, 1.165) is 6.26 Å². The molecule has 0 heterocycles. The number of hydrogen-bond acceptors (Lipinski definition) is 4. The maximum absolute atomic E-state index is 11.5. The van der Waals surface area contributed by atoms with E-state index in [1.165, 1.54) is 19.2 Å². The van der Waals surface area contributed by atoms with Gasteiger partial charge >= 0.3 is 5.97 Å². The van der Waals surface area contributed by atoms with Gasteiger partial charge in [0.05, 0.1) is 17.4 Å². The molecule has 0 radical (unpaired) electrons. The summed E-state index contributed by atoms with van der Waals surface area (Å²) in [7, 11) is -1.86. The van der Waals surface area contributed by atoms with Crippen LogP contribution in [0.2, 0.25) is 0 Å². The van der Waals surface area contributed by atoms with Crippen molar-refractivity contribution >= 4 is 15.8 Å². The van der Waals surface area contributed by atoms with Crippen molar-refractivity contribution in [2.75, 3.05) is 13.4 Å². The molecule has 0 unspecified atom stereocenters. The van der Waals surface area contributed by atoms with Crippen LogP contribution in [0, 0.1) is 5.41 Å². The maximum Gasteiger partial charge on any atom is 0.309 e. The molecule has 0 aliphatic carbocycles. The molecule has 5 nitrogen and oxygen atoms in total. The number of sulfone groups is 1. The van der Waals surface area contributed by atoms with Gasteiger partial charge in [0, 0.05) is 6.26 Å². The molecule has 0 fully saturated rings. The molecule has 1 rings (SSSR count). The van der Waals surface area contributed by atoms with Gasteiger partial charge in [0.15, 0.2) is 9.84 Å². The lowest BCUT2D eigenvalue weighted by Gasteiger charge is -2.20. The van der Waals surface area contributed by atoms with Gasteiger partial charge in [0.2, 0.25) is 0 Å². The second-order valence-electron chi connectivity index (χ2n) is 5.11. The quantitative estimate of drug-likeness (QED) is 0.892. The number of rotatable bonds is 5. The first kappa shape index (κ1) is 15.5. The van der Waals surface area contributed by atoms with Crippen molar-refractivity contribution < 1.29 is 23.1 Å². The Hall–Kier alpha value is -1.56. The van der Waals surface area contributed by atoms with E-state index in [4.69, 9.17) is 9.84 Å². The predicted octanol–water partition coefficient (Wildman–Crippen LogP) is 1.75. The summed E-state index contributed by atoms with van der Waals surface area (Å²) in [5.74, 6) is -0.457. The third-order valence-electron chi connectivity index (χ3n) is 2.89. The number of ether oxygens (including phenoxy) is 1.